The van der Waals surface area contributed by atoms with E-state index in [-0.39, 0.29) is 6.09 Å². The molecule has 0 radical (unpaired) electrons. The molecule has 1 amide bonds. The van der Waals surface area contributed by atoms with Gasteiger partial charge in [-0.15, -0.1) is 11.3 Å². The Hall–Kier alpha value is -2.61. The second kappa shape index (κ2) is 11.5. The van der Waals surface area contributed by atoms with Crippen molar-refractivity contribution in [3.05, 3.63) is 52.0 Å². The predicted molar refractivity (Wildman–Crippen MR) is 123 cm³/mol. The second-order valence-corrected chi connectivity index (χ2v) is 9.00. The van der Waals surface area contributed by atoms with Crippen LogP contribution in [0.3, 0.4) is 0 Å². The fourth-order valence-corrected chi connectivity index (χ4v) is 3.57. The van der Waals surface area contributed by atoms with Crippen molar-refractivity contribution in [2.24, 2.45) is 4.99 Å². The summed E-state index contributed by atoms with van der Waals surface area (Å²) in [5.74, 6) is 0.749. The molecular formula is C22H33N5O2S. The van der Waals surface area contributed by atoms with Crippen molar-refractivity contribution < 1.29 is 9.53 Å². The lowest BCUT2D eigenvalue weighted by atomic mass is 10.2. The smallest absolute Gasteiger partial charge is 0.410 e. The molecule has 164 valence electrons. The fraction of sp³-hybridized carbons (Fsp3) is 0.500. The highest BCUT2D eigenvalue weighted by atomic mass is 32.1. The van der Waals surface area contributed by atoms with Crippen LogP contribution in [0.25, 0.3) is 0 Å². The van der Waals surface area contributed by atoms with E-state index in [1.54, 1.807) is 35.7 Å². The number of carbonyl (C=O) groups is 1. The van der Waals surface area contributed by atoms with Crippen molar-refractivity contribution in [1.29, 1.82) is 0 Å². The SMILES string of the molecule is CN=C(NCCCN(Cc1cccnc1)C(=O)OC(C)(C)C)NCc1sccc1C. The first kappa shape index (κ1) is 23.7. The van der Waals surface area contributed by atoms with Gasteiger partial charge in [0, 0.05) is 37.4 Å². The molecule has 0 aliphatic carbocycles. The monoisotopic (exact) mass is 431 g/mol. The molecular weight excluding hydrogens is 398 g/mol. The molecule has 0 fully saturated rings. The lowest BCUT2D eigenvalue weighted by molar-refractivity contribution is 0.0232. The highest BCUT2D eigenvalue weighted by Crippen LogP contribution is 2.15. The molecule has 0 atom stereocenters. The largest absolute Gasteiger partial charge is 0.444 e. The number of hydrogen-bond donors (Lipinski definition) is 2. The molecule has 0 spiro atoms. The van der Waals surface area contributed by atoms with E-state index in [4.69, 9.17) is 4.74 Å². The normalized spacial score (nSPS) is 11.8. The Bertz CT molecular complexity index is 814. The summed E-state index contributed by atoms with van der Waals surface area (Å²) in [5, 5.41) is 8.73. The van der Waals surface area contributed by atoms with Crippen molar-refractivity contribution in [1.82, 2.24) is 20.5 Å². The summed E-state index contributed by atoms with van der Waals surface area (Å²) in [6.07, 6.45) is 3.94. The molecule has 7 nitrogen and oxygen atoms in total. The van der Waals surface area contributed by atoms with E-state index >= 15 is 0 Å². The van der Waals surface area contributed by atoms with Crippen LogP contribution in [0.4, 0.5) is 4.79 Å². The average Bonchev–Trinajstić information content (AvgIpc) is 3.10. The summed E-state index contributed by atoms with van der Waals surface area (Å²) in [5.41, 5.74) is 1.72. The van der Waals surface area contributed by atoms with Gasteiger partial charge in [0.1, 0.15) is 5.60 Å². The van der Waals surface area contributed by atoms with Crippen molar-refractivity contribution in [2.45, 2.75) is 52.8 Å². The molecule has 0 bridgehead atoms. The Morgan fingerprint density at radius 2 is 2.10 bits per heavy atom. The van der Waals surface area contributed by atoms with Gasteiger partial charge in [0.15, 0.2) is 5.96 Å². The van der Waals surface area contributed by atoms with Gasteiger partial charge in [-0.2, -0.15) is 0 Å². The Balaban J connectivity index is 1.84. The molecule has 2 aromatic rings. The zero-order valence-corrected chi connectivity index (χ0v) is 19.4. The molecule has 2 rings (SSSR count). The Morgan fingerprint density at radius 1 is 1.30 bits per heavy atom. The van der Waals surface area contributed by atoms with Gasteiger partial charge < -0.3 is 20.3 Å². The van der Waals surface area contributed by atoms with E-state index < -0.39 is 5.60 Å². The number of pyridine rings is 1. The number of nitrogens with one attached hydrogen (secondary N) is 2. The van der Waals surface area contributed by atoms with Crippen molar-refractivity contribution >= 4 is 23.4 Å². The third-order valence-electron chi connectivity index (χ3n) is 4.25. The predicted octanol–water partition coefficient (Wildman–Crippen LogP) is 3.94. The molecule has 0 aliphatic rings. The molecule has 0 aromatic carbocycles. The topological polar surface area (TPSA) is 78.9 Å². The molecule has 0 unspecified atom stereocenters. The minimum atomic E-state index is -0.533. The third kappa shape index (κ3) is 8.41. The van der Waals surface area contributed by atoms with Gasteiger partial charge in [-0.3, -0.25) is 9.98 Å². The maximum absolute atomic E-state index is 12.6. The summed E-state index contributed by atoms with van der Waals surface area (Å²) in [6.45, 7) is 10.2. The molecule has 8 heteroatoms. The van der Waals surface area contributed by atoms with E-state index in [2.05, 4.69) is 39.0 Å². The van der Waals surface area contributed by atoms with Crippen LogP contribution in [0.2, 0.25) is 0 Å². The summed E-state index contributed by atoms with van der Waals surface area (Å²) < 4.78 is 5.57. The maximum Gasteiger partial charge on any atom is 0.410 e. The van der Waals surface area contributed by atoms with Crippen LogP contribution in [-0.2, 0) is 17.8 Å². The molecule has 30 heavy (non-hydrogen) atoms. The van der Waals surface area contributed by atoms with Crippen LogP contribution in [0.1, 0.15) is 43.2 Å². The van der Waals surface area contributed by atoms with Gasteiger partial charge in [-0.1, -0.05) is 6.07 Å². The van der Waals surface area contributed by atoms with E-state index in [1.165, 1.54) is 10.4 Å². The average molecular weight is 432 g/mol. The first-order valence-electron chi connectivity index (χ1n) is 10.1. The fourth-order valence-electron chi connectivity index (χ4n) is 2.72. The van der Waals surface area contributed by atoms with Crippen LogP contribution in [-0.4, -0.2) is 47.7 Å². The Labute approximate surface area is 183 Å². The highest BCUT2D eigenvalue weighted by molar-refractivity contribution is 7.10. The number of ether oxygens (including phenoxy) is 1. The summed E-state index contributed by atoms with van der Waals surface area (Å²) in [4.78, 5) is 24.1. The van der Waals surface area contributed by atoms with Gasteiger partial charge in [0.25, 0.3) is 0 Å². The number of aryl methyl sites for hydroxylation is 1. The number of rotatable bonds is 8. The Kier molecular flexibility index (Phi) is 9.11. The van der Waals surface area contributed by atoms with Gasteiger partial charge in [0.05, 0.1) is 13.1 Å². The standard InChI is InChI=1S/C22H33N5O2S/c1-17-9-13-30-19(17)15-26-20(23-5)25-11-7-12-27(21(28)29-22(2,3)4)16-18-8-6-10-24-14-18/h6,8-10,13-14H,7,11-12,15-16H2,1-5H3,(H2,23,25,26). The second-order valence-electron chi connectivity index (χ2n) is 8.00. The zero-order valence-electron chi connectivity index (χ0n) is 18.6. The van der Waals surface area contributed by atoms with E-state index in [1.807, 2.05) is 32.9 Å². The van der Waals surface area contributed by atoms with E-state index in [9.17, 15) is 4.79 Å². The van der Waals surface area contributed by atoms with Crippen LogP contribution in [0.5, 0.6) is 0 Å². The highest BCUT2D eigenvalue weighted by Gasteiger charge is 2.22. The molecule has 2 N–H and O–H groups in total. The summed E-state index contributed by atoms with van der Waals surface area (Å²) >= 11 is 1.73. The summed E-state index contributed by atoms with van der Waals surface area (Å²) in [7, 11) is 1.76. The molecule has 0 saturated carbocycles. The zero-order chi connectivity index (χ0) is 22.0. The van der Waals surface area contributed by atoms with E-state index in [0.717, 1.165) is 24.5 Å². The number of aliphatic imine (C=N–C) groups is 1. The quantitative estimate of drug-likeness (QED) is 0.376. The van der Waals surface area contributed by atoms with Gasteiger partial charge in [0.2, 0.25) is 0 Å². The molecule has 2 aromatic heterocycles. The number of guanidine groups is 1. The lowest BCUT2D eigenvalue weighted by Gasteiger charge is -2.27. The molecule has 2 heterocycles. The van der Waals surface area contributed by atoms with E-state index in [0.29, 0.717) is 19.6 Å². The van der Waals surface area contributed by atoms with Gasteiger partial charge in [-0.05, 0) is 62.8 Å². The number of thiophene rings is 1. The van der Waals surface area contributed by atoms with Crippen LogP contribution in [0, 0.1) is 6.92 Å². The summed E-state index contributed by atoms with van der Waals surface area (Å²) in [6, 6.07) is 5.95. The van der Waals surface area contributed by atoms with Crippen LogP contribution < -0.4 is 10.6 Å². The maximum atomic E-state index is 12.6. The Morgan fingerprint density at radius 3 is 2.70 bits per heavy atom. The van der Waals surface area contributed by atoms with Gasteiger partial charge in [-0.25, -0.2) is 4.79 Å². The van der Waals surface area contributed by atoms with Crippen LogP contribution >= 0.6 is 11.3 Å². The van der Waals surface area contributed by atoms with Crippen molar-refractivity contribution in [3.8, 4) is 0 Å². The first-order valence-corrected chi connectivity index (χ1v) is 11.0. The number of amides is 1. The molecule has 0 aliphatic heterocycles. The third-order valence-corrected chi connectivity index (χ3v) is 5.28. The van der Waals surface area contributed by atoms with Crippen molar-refractivity contribution in [2.75, 3.05) is 20.1 Å². The molecule has 0 saturated heterocycles. The van der Waals surface area contributed by atoms with Crippen LogP contribution in [0.15, 0.2) is 41.0 Å². The minimum Gasteiger partial charge on any atom is -0.444 e. The number of aromatic nitrogens is 1. The van der Waals surface area contributed by atoms with Gasteiger partial charge >= 0.3 is 6.09 Å². The number of hydrogen-bond acceptors (Lipinski definition) is 5. The lowest BCUT2D eigenvalue weighted by Crippen LogP contribution is -2.40. The van der Waals surface area contributed by atoms with Crippen molar-refractivity contribution in [3.63, 3.8) is 0 Å². The minimum absolute atomic E-state index is 0.318. The number of carbonyl (C=O) groups excluding carboxylic acids is 1. The number of nitrogens with zero attached hydrogens (tertiary/aromatic N) is 3. The first-order chi connectivity index (χ1) is 14.3.